The Balaban J connectivity index is 2.95. The second-order valence-corrected chi connectivity index (χ2v) is 6.87. The lowest BCUT2D eigenvalue weighted by Gasteiger charge is -2.29. The van der Waals surface area contributed by atoms with Crippen LogP contribution in [0.3, 0.4) is 0 Å². The fraction of sp³-hybridized carbons (Fsp3) is 0.571. The predicted octanol–water partition coefficient (Wildman–Crippen LogP) is 4.27. The number of rotatable bonds is 3. The van der Waals surface area contributed by atoms with Gasteiger partial charge in [0.1, 0.15) is 4.83 Å². The first kappa shape index (κ1) is 14.5. The molecule has 0 saturated carbocycles. The van der Waals surface area contributed by atoms with E-state index in [1.165, 1.54) is 4.88 Å². The molecule has 0 spiro atoms. The fourth-order valence-electron chi connectivity index (χ4n) is 2.39. The number of aryl methyl sites for hydroxylation is 2. The average molecular weight is 296 g/mol. The minimum Gasteiger partial charge on any atom is -0.323 e. The van der Waals surface area contributed by atoms with Gasteiger partial charge in [-0.3, -0.25) is 9.36 Å². The van der Waals surface area contributed by atoms with E-state index >= 15 is 0 Å². The van der Waals surface area contributed by atoms with Crippen LogP contribution in [-0.2, 0) is 5.54 Å². The highest BCUT2D eigenvalue weighted by molar-refractivity contribution is 7.71. The summed E-state index contributed by atoms with van der Waals surface area (Å²) in [6, 6.07) is 0. The summed E-state index contributed by atoms with van der Waals surface area (Å²) in [7, 11) is 0. The standard InChI is InChI=1S/C14H20N2OS2/c1-6-14(5,7-2)16-12(17)10-8(3)9(4)19-11(10)15-13(16)18/h6-7H2,1-5H3,(H,15,18). The van der Waals surface area contributed by atoms with Gasteiger partial charge < -0.3 is 4.98 Å². The van der Waals surface area contributed by atoms with E-state index < -0.39 is 0 Å². The zero-order valence-corrected chi connectivity index (χ0v) is 13.7. The van der Waals surface area contributed by atoms with Crippen molar-refractivity contribution in [3.05, 3.63) is 25.6 Å². The van der Waals surface area contributed by atoms with Crippen LogP contribution in [0.5, 0.6) is 0 Å². The smallest absolute Gasteiger partial charge is 0.263 e. The van der Waals surface area contributed by atoms with Gasteiger partial charge in [-0.15, -0.1) is 11.3 Å². The van der Waals surface area contributed by atoms with Crippen molar-refractivity contribution in [2.45, 2.75) is 53.0 Å². The number of aromatic nitrogens is 2. The highest BCUT2D eigenvalue weighted by Gasteiger charge is 2.26. The number of fused-ring (bicyclic) bond motifs is 1. The van der Waals surface area contributed by atoms with Crippen molar-refractivity contribution in [3.8, 4) is 0 Å². The minimum atomic E-state index is -0.221. The molecule has 0 aliphatic rings. The molecule has 0 unspecified atom stereocenters. The van der Waals surface area contributed by atoms with E-state index in [-0.39, 0.29) is 11.1 Å². The van der Waals surface area contributed by atoms with Gasteiger partial charge in [-0.25, -0.2) is 0 Å². The molecule has 2 heterocycles. The van der Waals surface area contributed by atoms with Crippen LogP contribution in [0.15, 0.2) is 4.79 Å². The minimum absolute atomic E-state index is 0.0480. The Morgan fingerprint density at radius 2 is 1.89 bits per heavy atom. The van der Waals surface area contributed by atoms with E-state index in [1.54, 1.807) is 15.9 Å². The van der Waals surface area contributed by atoms with Gasteiger partial charge in [0.15, 0.2) is 4.77 Å². The molecule has 0 bridgehead atoms. The third kappa shape index (κ3) is 2.09. The maximum atomic E-state index is 12.8. The highest BCUT2D eigenvalue weighted by Crippen LogP contribution is 2.28. The van der Waals surface area contributed by atoms with Crippen molar-refractivity contribution in [3.63, 3.8) is 0 Å². The van der Waals surface area contributed by atoms with E-state index in [1.807, 2.05) is 13.8 Å². The van der Waals surface area contributed by atoms with Crippen LogP contribution in [0, 0.1) is 18.6 Å². The Morgan fingerprint density at radius 1 is 1.32 bits per heavy atom. The summed E-state index contributed by atoms with van der Waals surface area (Å²) < 4.78 is 2.30. The average Bonchev–Trinajstić information content (AvgIpc) is 2.64. The van der Waals surface area contributed by atoms with Crippen LogP contribution in [0.25, 0.3) is 10.2 Å². The first-order valence-electron chi connectivity index (χ1n) is 6.61. The molecule has 0 aromatic carbocycles. The lowest BCUT2D eigenvalue weighted by Crippen LogP contribution is -2.39. The first-order valence-corrected chi connectivity index (χ1v) is 7.83. The number of aromatic amines is 1. The third-order valence-electron chi connectivity index (χ3n) is 4.29. The molecule has 2 aromatic heterocycles. The topological polar surface area (TPSA) is 37.8 Å². The Labute approximate surface area is 122 Å². The molecule has 3 nitrogen and oxygen atoms in total. The van der Waals surface area contributed by atoms with Crippen LogP contribution in [0.2, 0.25) is 0 Å². The molecule has 19 heavy (non-hydrogen) atoms. The van der Waals surface area contributed by atoms with Crippen molar-refractivity contribution in [2.24, 2.45) is 0 Å². The highest BCUT2D eigenvalue weighted by atomic mass is 32.1. The SMILES string of the molecule is CCC(C)(CC)n1c(=S)[nH]c2sc(C)c(C)c2c1=O. The molecule has 0 radical (unpaired) electrons. The number of H-pyrrole nitrogens is 1. The largest absolute Gasteiger partial charge is 0.323 e. The molecular formula is C14H20N2OS2. The van der Waals surface area contributed by atoms with E-state index in [4.69, 9.17) is 12.2 Å². The summed E-state index contributed by atoms with van der Waals surface area (Å²) in [6.07, 6.45) is 1.77. The van der Waals surface area contributed by atoms with Gasteiger partial charge in [0, 0.05) is 10.4 Å². The molecule has 104 valence electrons. The van der Waals surface area contributed by atoms with Crippen LogP contribution < -0.4 is 5.56 Å². The van der Waals surface area contributed by atoms with Crippen LogP contribution in [0.1, 0.15) is 44.1 Å². The fourth-order valence-corrected chi connectivity index (χ4v) is 3.91. The van der Waals surface area contributed by atoms with E-state index in [0.717, 1.165) is 28.6 Å². The lowest BCUT2D eigenvalue weighted by atomic mass is 9.95. The maximum Gasteiger partial charge on any atom is 0.263 e. The summed E-state index contributed by atoms with van der Waals surface area (Å²) in [5.41, 5.74) is 0.896. The predicted molar refractivity (Wildman–Crippen MR) is 85.0 cm³/mol. The Hall–Kier alpha value is -0.940. The van der Waals surface area contributed by atoms with E-state index in [0.29, 0.717) is 4.77 Å². The summed E-state index contributed by atoms with van der Waals surface area (Å²) in [4.78, 5) is 18.1. The molecule has 0 aliphatic carbocycles. The van der Waals surface area contributed by atoms with Crippen molar-refractivity contribution >= 4 is 33.8 Å². The van der Waals surface area contributed by atoms with Gasteiger partial charge in [0.2, 0.25) is 0 Å². The number of nitrogens with one attached hydrogen (secondary N) is 1. The van der Waals surface area contributed by atoms with Gasteiger partial charge >= 0.3 is 0 Å². The summed E-state index contributed by atoms with van der Waals surface area (Å²) in [6.45, 7) is 10.3. The molecule has 0 fully saturated rings. The van der Waals surface area contributed by atoms with E-state index in [2.05, 4.69) is 25.8 Å². The van der Waals surface area contributed by atoms with Gasteiger partial charge in [-0.2, -0.15) is 0 Å². The van der Waals surface area contributed by atoms with Gasteiger partial charge in [-0.05, 0) is 51.4 Å². The van der Waals surface area contributed by atoms with E-state index in [9.17, 15) is 4.79 Å². The quantitative estimate of drug-likeness (QED) is 0.859. The zero-order chi connectivity index (χ0) is 14.4. The van der Waals surface area contributed by atoms with Gasteiger partial charge in [-0.1, -0.05) is 13.8 Å². The first-order chi connectivity index (χ1) is 8.85. The monoisotopic (exact) mass is 296 g/mol. The molecular weight excluding hydrogens is 276 g/mol. The molecule has 2 aromatic rings. The van der Waals surface area contributed by atoms with Gasteiger partial charge in [0.25, 0.3) is 5.56 Å². The number of nitrogens with zero attached hydrogens (tertiary/aromatic N) is 1. The normalized spacial score (nSPS) is 12.3. The molecule has 1 N–H and O–H groups in total. The van der Waals surface area contributed by atoms with Crippen molar-refractivity contribution in [1.82, 2.24) is 9.55 Å². The van der Waals surface area contributed by atoms with Crippen molar-refractivity contribution in [2.75, 3.05) is 0 Å². The zero-order valence-electron chi connectivity index (χ0n) is 12.1. The van der Waals surface area contributed by atoms with Crippen LogP contribution in [0.4, 0.5) is 0 Å². The van der Waals surface area contributed by atoms with Crippen molar-refractivity contribution < 1.29 is 0 Å². The summed E-state index contributed by atoms with van der Waals surface area (Å²) >= 11 is 7.02. The molecule has 0 atom stereocenters. The number of thiophene rings is 1. The molecule has 5 heteroatoms. The number of hydrogen-bond donors (Lipinski definition) is 1. The molecule has 0 aliphatic heterocycles. The Bertz CT molecular complexity index is 732. The molecule has 2 rings (SSSR count). The third-order valence-corrected chi connectivity index (χ3v) is 5.70. The van der Waals surface area contributed by atoms with Crippen molar-refractivity contribution in [1.29, 1.82) is 0 Å². The maximum absolute atomic E-state index is 12.8. The molecule has 0 saturated heterocycles. The molecule has 0 amide bonds. The Morgan fingerprint density at radius 3 is 2.42 bits per heavy atom. The number of hydrogen-bond acceptors (Lipinski definition) is 3. The van der Waals surface area contributed by atoms with Crippen LogP contribution in [-0.4, -0.2) is 9.55 Å². The Kier molecular flexibility index (Phi) is 3.71. The summed E-state index contributed by atoms with van der Waals surface area (Å²) in [5, 5.41) is 0.796. The second-order valence-electron chi connectivity index (χ2n) is 5.26. The van der Waals surface area contributed by atoms with Gasteiger partial charge in [0.05, 0.1) is 5.39 Å². The second kappa shape index (κ2) is 4.87. The summed E-state index contributed by atoms with van der Waals surface area (Å²) in [5.74, 6) is 0. The lowest BCUT2D eigenvalue weighted by molar-refractivity contribution is 0.280. The van der Waals surface area contributed by atoms with Crippen LogP contribution >= 0.6 is 23.6 Å².